The second kappa shape index (κ2) is 9.26. The maximum Gasteiger partial charge on any atom is 0.272 e. The summed E-state index contributed by atoms with van der Waals surface area (Å²) in [6.45, 7) is 4.02. The summed E-state index contributed by atoms with van der Waals surface area (Å²) in [7, 11) is -3.73. The van der Waals surface area contributed by atoms with E-state index >= 15 is 0 Å². The zero-order chi connectivity index (χ0) is 20.9. The van der Waals surface area contributed by atoms with E-state index in [9.17, 15) is 22.4 Å². The summed E-state index contributed by atoms with van der Waals surface area (Å²) < 4.78 is 40.7. The standard InChI is InChI=1S/C18H19BrFN3O4S/c1-3-23(4-2)28(26,27)14-7-5-6-12(10-14)17(24)21-22-18(25)15-9-8-13(19)11-16(15)20/h5-11H,3-4H2,1-2H3,(H,21,24)(H,22,25). The van der Waals surface area contributed by atoms with Gasteiger partial charge in [0.05, 0.1) is 10.5 Å². The average molecular weight is 472 g/mol. The van der Waals surface area contributed by atoms with Crippen molar-refractivity contribution in [2.75, 3.05) is 13.1 Å². The highest BCUT2D eigenvalue weighted by atomic mass is 79.9. The lowest BCUT2D eigenvalue weighted by Crippen LogP contribution is -2.42. The molecule has 2 aromatic carbocycles. The van der Waals surface area contributed by atoms with Crippen molar-refractivity contribution in [3.8, 4) is 0 Å². The number of benzene rings is 2. The number of carbonyl (C=O) groups excluding carboxylic acids is 2. The van der Waals surface area contributed by atoms with Gasteiger partial charge in [0.1, 0.15) is 5.82 Å². The summed E-state index contributed by atoms with van der Waals surface area (Å²) in [4.78, 5) is 24.3. The van der Waals surface area contributed by atoms with Crippen molar-refractivity contribution >= 4 is 37.8 Å². The first-order chi connectivity index (χ1) is 13.2. The van der Waals surface area contributed by atoms with E-state index in [0.29, 0.717) is 17.6 Å². The number of hydrogen-bond acceptors (Lipinski definition) is 4. The van der Waals surface area contributed by atoms with Crippen molar-refractivity contribution in [1.29, 1.82) is 0 Å². The Bertz CT molecular complexity index is 994. The Kier molecular flexibility index (Phi) is 7.28. The van der Waals surface area contributed by atoms with Gasteiger partial charge < -0.3 is 0 Å². The first-order valence-electron chi connectivity index (χ1n) is 8.36. The Morgan fingerprint density at radius 3 is 2.29 bits per heavy atom. The Labute approximate surface area is 171 Å². The molecule has 0 radical (unpaired) electrons. The summed E-state index contributed by atoms with van der Waals surface area (Å²) in [6, 6.07) is 9.32. The molecule has 0 aliphatic heterocycles. The fourth-order valence-electron chi connectivity index (χ4n) is 2.44. The zero-order valence-corrected chi connectivity index (χ0v) is 17.6. The number of carbonyl (C=O) groups is 2. The molecule has 0 spiro atoms. The van der Waals surface area contributed by atoms with E-state index in [2.05, 4.69) is 26.8 Å². The molecule has 0 aliphatic rings. The molecular weight excluding hydrogens is 453 g/mol. The quantitative estimate of drug-likeness (QED) is 0.633. The molecule has 0 saturated carbocycles. The number of amides is 2. The third kappa shape index (κ3) is 4.94. The number of nitrogens with zero attached hydrogens (tertiary/aromatic N) is 1. The van der Waals surface area contributed by atoms with Crippen LogP contribution in [0.15, 0.2) is 51.8 Å². The lowest BCUT2D eigenvalue weighted by atomic mass is 10.2. The van der Waals surface area contributed by atoms with Crippen molar-refractivity contribution in [2.45, 2.75) is 18.7 Å². The first-order valence-corrected chi connectivity index (χ1v) is 10.6. The minimum atomic E-state index is -3.73. The third-order valence-electron chi connectivity index (χ3n) is 3.90. The average Bonchev–Trinajstić information content (AvgIpc) is 2.66. The first kappa shape index (κ1) is 22.0. The minimum Gasteiger partial charge on any atom is -0.267 e. The second-order valence-corrected chi connectivity index (χ2v) is 8.50. The van der Waals surface area contributed by atoms with Crippen LogP contribution < -0.4 is 10.9 Å². The van der Waals surface area contributed by atoms with Crippen LogP contribution in [0.25, 0.3) is 0 Å². The monoisotopic (exact) mass is 471 g/mol. The van der Waals surface area contributed by atoms with Gasteiger partial charge in [0.25, 0.3) is 11.8 Å². The molecule has 0 unspecified atom stereocenters. The minimum absolute atomic E-state index is 0.0322. The van der Waals surface area contributed by atoms with Gasteiger partial charge in [-0.25, -0.2) is 12.8 Å². The summed E-state index contributed by atoms with van der Waals surface area (Å²) in [6.07, 6.45) is 0. The maximum atomic E-state index is 13.8. The van der Waals surface area contributed by atoms with Crippen LogP contribution in [0.4, 0.5) is 4.39 Å². The van der Waals surface area contributed by atoms with E-state index in [-0.39, 0.29) is 16.0 Å². The van der Waals surface area contributed by atoms with Crippen LogP contribution in [0, 0.1) is 5.82 Å². The van der Waals surface area contributed by atoms with Crippen molar-refractivity contribution in [3.05, 3.63) is 63.9 Å². The van der Waals surface area contributed by atoms with E-state index < -0.39 is 27.7 Å². The van der Waals surface area contributed by atoms with Crippen molar-refractivity contribution in [2.24, 2.45) is 0 Å². The highest BCUT2D eigenvalue weighted by Crippen LogP contribution is 2.17. The molecule has 0 fully saturated rings. The SMILES string of the molecule is CCN(CC)S(=O)(=O)c1cccc(C(=O)NNC(=O)c2ccc(Br)cc2F)c1. The summed E-state index contributed by atoms with van der Waals surface area (Å²) in [5.74, 6) is -2.33. The third-order valence-corrected chi connectivity index (χ3v) is 6.44. The molecule has 28 heavy (non-hydrogen) atoms. The van der Waals surface area contributed by atoms with Crippen LogP contribution in [-0.2, 0) is 10.0 Å². The molecular formula is C18H19BrFN3O4S. The van der Waals surface area contributed by atoms with E-state index in [1.54, 1.807) is 13.8 Å². The molecule has 10 heteroatoms. The summed E-state index contributed by atoms with van der Waals surface area (Å²) in [5.41, 5.74) is 4.04. The fourth-order valence-corrected chi connectivity index (χ4v) is 4.27. The van der Waals surface area contributed by atoms with Gasteiger partial charge in [0.15, 0.2) is 0 Å². The highest BCUT2D eigenvalue weighted by molar-refractivity contribution is 9.10. The fraction of sp³-hybridized carbons (Fsp3) is 0.222. The molecule has 0 bridgehead atoms. The van der Waals surface area contributed by atoms with Crippen molar-refractivity contribution < 1.29 is 22.4 Å². The number of sulfonamides is 1. The van der Waals surface area contributed by atoms with Gasteiger partial charge in [-0.1, -0.05) is 35.8 Å². The zero-order valence-electron chi connectivity index (χ0n) is 15.2. The topological polar surface area (TPSA) is 95.6 Å². The lowest BCUT2D eigenvalue weighted by molar-refractivity contribution is 0.0844. The molecule has 7 nitrogen and oxygen atoms in total. The van der Waals surface area contributed by atoms with Gasteiger partial charge in [0.2, 0.25) is 10.0 Å². The molecule has 0 saturated heterocycles. The van der Waals surface area contributed by atoms with Gasteiger partial charge in [-0.2, -0.15) is 4.31 Å². The second-order valence-electron chi connectivity index (χ2n) is 5.65. The summed E-state index contributed by atoms with van der Waals surface area (Å²) >= 11 is 3.09. The van der Waals surface area contributed by atoms with Crippen molar-refractivity contribution in [1.82, 2.24) is 15.2 Å². The predicted molar refractivity (Wildman–Crippen MR) is 106 cm³/mol. The molecule has 2 aromatic rings. The van der Waals surface area contributed by atoms with Gasteiger partial charge >= 0.3 is 0 Å². The molecule has 2 N–H and O–H groups in total. The van der Waals surface area contributed by atoms with Crippen LogP contribution in [0.1, 0.15) is 34.6 Å². The largest absolute Gasteiger partial charge is 0.272 e. The van der Waals surface area contributed by atoms with E-state index in [1.165, 1.54) is 40.7 Å². The Balaban J connectivity index is 2.14. The van der Waals surface area contributed by atoms with E-state index in [4.69, 9.17) is 0 Å². The van der Waals surface area contributed by atoms with Crippen LogP contribution in [0.5, 0.6) is 0 Å². The van der Waals surface area contributed by atoms with Crippen LogP contribution in [0.2, 0.25) is 0 Å². The molecule has 2 rings (SSSR count). The number of halogens is 2. The molecule has 2 amide bonds. The number of nitrogens with one attached hydrogen (secondary N) is 2. The Morgan fingerprint density at radius 1 is 1.04 bits per heavy atom. The molecule has 0 heterocycles. The molecule has 0 aromatic heterocycles. The van der Waals surface area contributed by atoms with Gasteiger partial charge in [-0.05, 0) is 36.4 Å². The lowest BCUT2D eigenvalue weighted by Gasteiger charge is -2.18. The maximum absolute atomic E-state index is 13.8. The predicted octanol–water partition coefficient (Wildman–Crippen LogP) is 2.69. The highest BCUT2D eigenvalue weighted by Gasteiger charge is 2.22. The van der Waals surface area contributed by atoms with Gasteiger partial charge in [0, 0.05) is 23.1 Å². The van der Waals surface area contributed by atoms with Crippen LogP contribution >= 0.6 is 15.9 Å². The van der Waals surface area contributed by atoms with E-state index in [1.807, 2.05) is 0 Å². The molecule has 0 aliphatic carbocycles. The number of hydrogen-bond donors (Lipinski definition) is 2. The normalized spacial score (nSPS) is 11.3. The Hall–Kier alpha value is -2.30. The molecule has 0 atom stereocenters. The number of hydrazine groups is 1. The Morgan fingerprint density at radius 2 is 1.68 bits per heavy atom. The molecule has 150 valence electrons. The summed E-state index contributed by atoms with van der Waals surface area (Å²) in [5, 5.41) is 0. The smallest absolute Gasteiger partial charge is 0.267 e. The van der Waals surface area contributed by atoms with E-state index in [0.717, 1.165) is 6.07 Å². The number of rotatable bonds is 6. The van der Waals surface area contributed by atoms with Crippen LogP contribution in [0.3, 0.4) is 0 Å². The van der Waals surface area contributed by atoms with Crippen LogP contribution in [-0.4, -0.2) is 37.6 Å². The van der Waals surface area contributed by atoms with Gasteiger partial charge in [-0.3, -0.25) is 20.4 Å². The van der Waals surface area contributed by atoms with Crippen molar-refractivity contribution in [3.63, 3.8) is 0 Å². The van der Waals surface area contributed by atoms with Gasteiger partial charge in [-0.15, -0.1) is 0 Å².